The maximum absolute atomic E-state index is 11.8. The summed E-state index contributed by atoms with van der Waals surface area (Å²) in [7, 11) is 3.58. The number of hydrogen-bond donors (Lipinski definition) is 2. The van der Waals surface area contributed by atoms with Crippen molar-refractivity contribution in [1.82, 2.24) is 20.2 Å². The van der Waals surface area contributed by atoms with Gasteiger partial charge in [-0.1, -0.05) is 12.1 Å². The Morgan fingerprint density at radius 3 is 2.30 bits per heavy atom. The number of nitrogens with zero attached hydrogens (tertiary/aromatic N) is 3. The molecule has 0 saturated carbocycles. The average Bonchev–Trinajstić information content (AvgIpc) is 3.47. The SMILES string of the molecule is CNNc1nc2c(c(C)nn2C)c(C)c1C(C)=O.Cc1cc2c(cc1Cc1ccc(C=O)o1)C(C)(C)OC2(C)C. The highest BCUT2D eigenvalue weighted by Crippen LogP contribution is 2.47. The molecule has 2 N–H and O–H groups in total. The lowest BCUT2D eigenvalue weighted by Gasteiger charge is -2.24. The van der Waals surface area contributed by atoms with Crippen LogP contribution >= 0.6 is 0 Å². The van der Waals surface area contributed by atoms with Gasteiger partial charge in [-0.25, -0.2) is 10.4 Å². The van der Waals surface area contributed by atoms with Crippen molar-refractivity contribution in [1.29, 1.82) is 0 Å². The van der Waals surface area contributed by atoms with Gasteiger partial charge < -0.3 is 14.6 Å². The van der Waals surface area contributed by atoms with Crippen LogP contribution in [0.15, 0.2) is 28.7 Å². The van der Waals surface area contributed by atoms with E-state index in [1.165, 1.54) is 22.3 Å². The van der Waals surface area contributed by atoms with Gasteiger partial charge in [0.15, 0.2) is 29.3 Å². The minimum Gasteiger partial charge on any atom is -0.458 e. The molecular formula is C31H39N5O4. The quantitative estimate of drug-likeness (QED) is 0.177. The molecule has 0 bridgehead atoms. The molecule has 3 aromatic heterocycles. The highest BCUT2D eigenvalue weighted by molar-refractivity contribution is 6.04. The molecule has 1 aliphatic heterocycles. The van der Waals surface area contributed by atoms with Gasteiger partial charge in [0, 0.05) is 25.9 Å². The van der Waals surface area contributed by atoms with Crippen LogP contribution in [-0.2, 0) is 29.4 Å². The number of furan rings is 1. The number of rotatable bonds is 6. The first-order valence-corrected chi connectivity index (χ1v) is 13.4. The fourth-order valence-electron chi connectivity index (χ4n) is 5.75. The van der Waals surface area contributed by atoms with Crippen LogP contribution in [0, 0.1) is 20.8 Å². The Hall–Kier alpha value is -3.82. The standard InChI is InChI=1S/C19H22O3.C12H17N5O/c1-12-8-16-17(19(4,5)22-18(16,2)3)10-13(12)9-14-6-7-15(11-20)21-14;1-6-9-7(2)16-17(5)12(9)14-11(15-13-4)10(6)8(3)18/h6-8,10-11H,9H2,1-5H3;13H,1-5H3,(H,14,15). The van der Waals surface area contributed by atoms with Crippen molar-refractivity contribution in [2.45, 2.75) is 73.0 Å². The Kier molecular flexibility index (Phi) is 7.75. The number of aldehydes is 1. The number of fused-ring (bicyclic) bond motifs is 2. The number of pyridine rings is 1. The molecule has 0 spiro atoms. The number of ether oxygens (including phenoxy) is 1. The zero-order chi connectivity index (χ0) is 29.6. The van der Waals surface area contributed by atoms with Gasteiger partial charge in [-0.15, -0.1) is 0 Å². The Bertz CT molecular complexity index is 1610. The van der Waals surface area contributed by atoms with Crippen molar-refractivity contribution in [3.63, 3.8) is 0 Å². The molecule has 0 radical (unpaired) electrons. The van der Waals surface area contributed by atoms with Crippen LogP contribution in [0.5, 0.6) is 0 Å². The van der Waals surface area contributed by atoms with Crippen molar-refractivity contribution in [2.75, 3.05) is 12.5 Å². The predicted molar refractivity (Wildman–Crippen MR) is 156 cm³/mol. The van der Waals surface area contributed by atoms with E-state index in [0.717, 1.165) is 34.3 Å². The second-order valence-electron chi connectivity index (χ2n) is 11.3. The third kappa shape index (κ3) is 5.31. The molecule has 9 heteroatoms. The number of aromatic nitrogens is 3. The molecule has 1 aliphatic rings. The van der Waals surface area contributed by atoms with Crippen molar-refractivity contribution in [3.05, 3.63) is 74.9 Å². The van der Waals surface area contributed by atoms with Crippen molar-refractivity contribution >= 4 is 28.9 Å². The molecule has 0 aliphatic carbocycles. The maximum atomic E-state index is 11.8. The topological polar surface area (TPSA) is 111 Å². The fourth-order valence-corrected chi connectivity index (χ4v) is 5.75. The first-order valence-electron chi connectivity index (χ1n) is 13.4. The molecule has 4 aromatic rings. The third-order valence-electron chi connectivity index (χ3n) is 7.44. The van der Waals surface area contributed by atoms with E-state index in [2.05, 4.69) is 67.7 Å². The Balaban J connectivity index is 0.000000189. The molecule has 0 amide bonds. The molecule has 0 saturated heterocycles. The van der Waals surface area contributed by atoms with E-state index >= 15 is 0 Å². The molecule has 4 heterocycles. The van der Waals surface area contributed by atoms with Crippen LogP contribution in [0.4, 0.5) is 5.82 Å². The van der Waals surface area contributed by atoms with Gasteiger partial charge in [0.1, 0.15) is 5.76 Å². The Labute approximate surface area is 235 Å². The molecule has 0 fully saturated rings. The average molecular weight is 546 g/mol. The van der Waals surface area contributed by atoms with E-state index in [9.17, 15) is 9.59 Å². The molecule has 0 atom stereocenters. The number of hydrazine groups is 1. The van der Waals surface area contributed by atoms with Crippen LogP contribution in [0.25, 0.3) is 11.0 Å². The summed E-state index contributed by atoms with van der Waals surface area (Å²) < 4.78 is 13.4. The van der Waals surface area contributed by atoms with Gasteiger partial charge in [-0.3, -0.25) is 14.3 Å². The summed E-state index contributed by atoms with van der Waals surface area (Å²) in [6.07, 6.45) is 1.42. The number of carbonyl (C=O) groups is 2. The summed E-state index contributed by atoms with van der Waals surface area (Å²) in [4.78, 5) is 27.0. The fraction of sp³-hybridized carbons (Fsp3) is 0.419. The first kappa shape index (κ1) is 29.2. The number of hydrogen-bond acceptors (Lipinski definition) is 8. The predicted octanol–water partition coefficient (Wildman–Crippen LogP) is 5.83. The van der Waals surface area contributed by atoms with Gasteiger partial charge in [0.05, 0.1) is 22.5 Å². The normalized spacial score (nSPS) is 14.9. The molecular weight excluding hydrogens is 506 g/mol. The van der Waals surface area contributed by atoms with E-state index in [4.69, 9.17) is 9.15 Å². The van der Waals surface area contributed by atoms with Crippen LogP contribution < -0.4 is 10.9 Å². The highest BCUT2D eigenvalue weighted by atomic mass is 16.5. The van der Waals surface area contributed by atoms with Gasteiger partial charge in [0.25, 0.3) is 0 Å². The van der Waals surface area contributed by atoms with Crippen LogP contribution in [-0.4, -0.2) is 33.9 Å². The van der Waals surface area contributed by atoms with Crippen LogP contribution in [0.1, 0.15) is 94.8 Å². The van der Waals surface area contributed by atoms with E-state index in [1.54, 1.807) is 24.7 Å². The lowest BCUT2D eigenvalue weighted by molar-refractivity contribution is -0.105. The minimum absolute atomic E-state index is 0.0112. The molecule has 5 rings (SSSR count). The number of benzene rings is 1. The van der Waals surface area contributed by atoms with Crippen molar-refractivity contribution < 1.29 is 18.7 Å². The van der Waals surface area contributed by atoms with Crippen molar-refractivity contribution in [2.24, 2.45) is 7.05 Å². The van der Waals surface area contributed by atoms with E-state index in [-0.39, 0.29) is 17.0 Å². The lowest BCUT2D eigenvalue weighted by Crippen LogP contribution is -2.22. The third-order valence-corrected chi connectivity index (χ3v) is 7.44. The second kappa shape index (κ2) is 10.6. The molecule has 9 nitrogen and oxygen atoms in total. The zero-order valence-electron chi connectivity index (χ0n) is 25.1. The largest absolute Gasteiger partial charge is 0.458 e. The van der Waals surface area contributed by atoms with Gasteiger partial charge in [0.2, 0.25) is 0 Å². The van der Waals surface area contributed by atoms with E-state index < -0.39 is 0 Å². The number of nitrogens with one attached hydrogen (secondary N) is 2. The molecule has 1 aromatic carbocycles. The first-order chi connectivity index (χ1) is 18.7. The smallest absolute Gasteiger partial charge is 0.185 e. The molecule has 40 heavy (non-hydrogen) atoms. The van der Waals surface area contributed by atoms with Crippen molar-refractivity contribution in [3.8, 4) is 0 Å². The number of aryl methyl sites for hydroxylation is 4. The molecule has 0 unspecified atom stereocenters. The van der Waals surface area contributed by atoms with E-state index in [0.29, 0.717) is 23.6 Å². The van der Waals surface area contributed by atoms with E-state index in [1.807, 2.05) is 27.0 Å². The summed E-state index contributed by atoms with van der Waals surface area (Å²) in [6, 6.07) is 8.02. The highest BCUT2D eigenvalue weighted by Gasteiger charge is 2.43. The summed E-state index contributed by atoms with van der Waals surface area (Å²) in [5, 5.41) is 5.30. The number of carbonyl (C=O) groups excluding carboxylic acids is 2. The van der Waals surface area contributed by atoms with Crippen LogP contribution in [0.3, 0.4) is 0 Å². The lowest BCUT2D eigenvalue weighted by atomic mass is 9.86. The summed E-state index contributed by atoms with van der Waals surface area (Å²) in [5.41, 5.74) is 13.2. The number of ketones is 1. The van der Waals surface area contributed by atoms with Gasteiger partial charge >= 0.3 is 0 Å². The van der Waals surface area contributed by atoms with Gasteiger partial charge in [-0.05, 0) is 95.3 Å². The monoisotopic (exact) mass is 545 g/mol. The number of anilines is 1. The Morgan fingerprint density at radius 2 is 1.73 bits per heavy atom. The zero-order valence-corrected chi connectivity index (χ0v) is 25.1. The molecule has 212 valence electrons. The second-order valence-corrected chi connectivity index (χ2v) is 11.3. The summed E-state index contributed by atoms with van der Waals surface area (Å²) in [5.74, 6) is 1.71. The van der Waals surface area contributed by atoms with Gasteiger partial charge in [-0.2, -0.15) is 5.10 Å². The van der Waals surface area contributed by atoms with Crippen LogP contribution in [0.2, 0.25) is 0 Å². The summed E-state index contributed by atoms with van der Waals surface area (Å²) in [6.45, 7) is 15.9. The maximum Gasteiger partial charge on any atom is 0.185 e. The Morgan fingerprint density at radius 1 is 1.07 bits per heavy atom. The number of Topliss-reactive ketones (excluding diaryl/α,β-unsaturated/α-hetero) is 1. The summed E-state index contributed by atoms with van der Waals surface area (Å²) >= 11 is 0. The minimum atomic E-state index is -0.293.